The van der Waals surface area contributed by atoms with Crippen LogP contribution in [-0.2, 0) is 6.42 Å². The van der Waals surface area contributed by atoms with Crippen LogP contribution in [-0.4, -0.2) is 25.5 Å². The zero-order valence-electron chi connectivity index (χ0n) is 9.55. The first-order chi connectivity index (χ1) is 7.96. The van der Waals surface area contributed by atoms with E-state index in [1.54, 1.807) is 17.8 Å². The number of thioether (sulfide) groups is 1. The molecule has 0 aromatic heterocycles. The van der Waals surface area contributed by atoms with Crippen molar-refractivity contribution >= 4 is 17.4 Å². The van der Waals surface area contributed by atoms with Crippen LogP contribution in [0.25, 0.3) is 0 Å². The highest BCUT2D eigenvalue weighted by Gasteiger charge is 2.29. The second-order valence-electron chi connectivity index (χ2n) is 4.22. The van der Waals surface area contributed by atoms with Gasteiger partial charge in [0.15, 0.2) is 0 Å². The highest BCUT2D eigenvalue weighted by atomic mass is 32.2. The van der Waals surface area contributed by atoms with Crippen LogP contribution in [0.15, 0.2) is 23.1 Å². The van der Waals surface area contributed by atoms with Crippen molar-refractivity contribution in [2.24, 2.45) is 0 Å². The van der Waals surface area contributed by atoms with E-state index in [9.17, 15) is 13.2 Å². The van der Waals surface area contributed by atoms with Gasteiger partial charge in [0.05, 0.1) is 0 Å². The molecular weight excluding hydrogens is 247 g/mol. The van der Waals surface area contributed by atoms with E-state index < -0.39 is 12.7 Å². The molecule has 0 saturated heterocycles. The van der Waals surface area contributed by atoms with Gasteiger partial charge in [0.2, 0.25) is 0 Å². The molecule has 0 atom stereocenters. The van der Waals surface area contributed by atoms with Crippen molar-refractivity contribution in [2.45, 2.75) is 23.9 Å². The molecule has 17 heavy (non-hydrogen) atoms. The normalized spacial score (nSPS) is 15.5. The van der Waals surface area contributed by atoms with Gasteiger partial charge in [0, 0.05) is 17.6 Å². The van der Waals surface area contributed by atoms with Gasteiger partial charge in [-0.25, -0.2) is 0 Å². The molecule has 0 amide bonds. The molecule has 0 saturated carbocycles. The molecule has 0 fully saturated rings. The lowest BCUT2D eigenvalue weighted by Gasteiger charge is -2.23. The summed E-state index contributed by atoms with van der Waals surface area (Å²) in [6.45, 7) is -0.904. The van der Waals surface area contributed by atoms with Crippen LogP contribution in [0.1, 0.15) is 12.0 Å². The van der Waals surface area contributed by atoms with Crippen molar-refractivity contribution in [3.05, 3.63) is 23.8 Å². The molecule has 1 aliphatic heterocycles. The minimum absolute atomic E-state index is 0.642. The van der Waals surface area contributed by atoms with Crippen LogP contribution in [0.3, 0.4) is 0 Å². The first kappa shape index (κ1) is 12.6. The monoisotopic (exact) mass is 261 g/mol. The summed E-state index contributed by atoms with van der Waals surface area (Å²) < 4.78 is 36.9. The van der Waals surface area contributed by atoms with Gasteiger partial charge in [-0.1, -0.05) is 0 Å². The second-order valence-corrected chi connectivity index (χ2v) is 5.35. The summed E-state index contributed by atoms with van der Waals surface area (Å²) >= 11 is 1.78. The number of halogens is 3. The standard InChI is InChI=1S/C12H14F3NS/c1-16(8-12(13,14)15)10-4-5-11-9(7-10)3-2-6-17-11/h4-5,7H,2-3,6,8H2,1H3. The van der Waals surface area contributed by atoms with Gasteiger partial charge in [-0.2, -0.15) is 13.2 Å². The van der Waals surface area contributed by atoms with Crippen molar-refractivity contribution in [1.82, 2.24) is 0 Å². The third kappa shape index (κ3) is 3.31. The molecule has 0 bridgehead atoms. The van der Waals surface area contributed by atoms with Crippen LogP contribution in [0.5, 0.6) is 0 Å². The fourth-order valence-corrected chi connectivity index (χ4v) is 2.96. The van der Waals surface area contributed by atoms with E-state index in [4.69, 9.17) is 0 Å². The second kappa shape index (κ2) is 4.80. The maximum absolute atomic E-state index is 12.3. The van der Waals surface area contributed by atoms with Crippen molar-refractivity contribution in [1.29, 1.82) is 0 Å². The summed E-state index contributed by atoms with van der Waals surface area (Å²) in [6.07, 6.45) is -2.08. The zero-order valence-corrected chi connectivity index (χ0v) is 10.4. The first-order valence-electron chi connectivity index (χ1n) is 5.49. The third-order valence-corrected chi connectivity index (χ3v) is 3.95. The minimum Gasteiger partial charge on any atom is -0.366 e. The van der Waals surface area contributed by atoms with Gasteiger partial charge < -0.3 is 4.90 Å². The van der Waals surface area contributed by atoms with Crippen LogP contribution in [0.2, 0.25) is 0 Å². The number of benzene rings is 1. The number of anilines is 1. The number of hydrogen-bond donors (Lipinski definition) is 0. The molecule has 1 aromatic rings. The van der Waals surface area contributed by atoms with Gasteiger partial charge in [0.25, 0.3) is 0 Å². The minimum atomic E-state index is -4.15. The van der Waals surface area contributed by atoms with Gasteiger partial charge in [0.1, 0.15) is 6.54 Å². The topological polar surface area (TPSA) is 3.24 Å². The number of nitrogens with zero attached hydrogens (tertiary/aromatic N) is 1. The SMILES string of the molecule is CN(CC(F)(F)F)c1ccc2c(c1)CCCS2. The predicted molar refractivity (Wildman–Crippen MR) is 64.8 cm³/mol. The van der Waals surface area contributed by atoms with Gasteiger partial charge in [-0.3, -0.25) is 0 Å². The number of aryl methyl sites for hydroxylation is 1. The van der Waals surface area contributed by atoms with Crippen LogP contribution < -0.4 is 4.90 Å². The molecule has 1 aromatic carbocycles. The Morgan fingerprint density at radius 3 is 2.82 bits per heavy atom. The summed E-state index contributed by atoms with van der Waals surface area (Å²) in [5.74, 6) is 1.10. The predicted octanol–water partition coefficient (Wildman–Crippen LogP) is 3.72. The summed E-state index contributed by atoms with van der Waals surface area (Å²) in [5, 5.41) is 0. The summed E-state index contributed by atoms with van der Waals surface area (Å²) in [6, 6.07) is 5.58. The van der Waals surface area contributed by atoms with E-state index in [1.807, 2.05) is 12.1 Å². The van der Waals surface area contributed by atoms with Crippen molar-refractivity contribution < 1.29 is 13.2 Å². The van der Waals surface area contributed by atoms with E-state index in [-0.39, 0.29) is 0 Å². The number of rotatable bonds is 2. The quantitative estimate of drug-likeness (QED) is 0.798. The number of fused-ring (bicyclic) bond motifs is 1. The van der Waals surface area contributed by atoms with Gasteiger partial charge >= 0.3 is 6.18 Å². The Bertz CT molecular complexity index is 403. The maximum Gasteiger partial charge on any atom is 0.405 e. The molecular formula is C12H14F3NS. The first-order valence-corrected chi connectivity index (χ1v) is 6.48. The van der Waals surface area contributed by atoms with E-state index in [2.05, 4.69) is 0 Å². The fraction of sp³-hybridized carbons (Fsp3) is 0.500. The van der Waals surface area contributed by atoms with E-state index in [1.165, 1.54) is 22.4 Å². The van der Waals surface area contributed by atoms with Crippen molar-refractivity contribution in [3.63, 3.8) is 0 Å². The van der Waals surface area contributed by atoms with E-state index in [0.29, 0.717) is 5.69 Å². The van der Waals surface area contributed by atoms with Crippen LogP contribution in [0, 0.1) is 0 Å². The summed E-state index contributed by atoms with van der Waals surface area (Å²) in [7, 11) is 1.48. The lowest BCUT2D eigenvalue weighted by molar-refractivity contribution is -0.119. The molecule has 0 unspecified atom stereocenters. The molecule has 0 radical (unpaired) electrons. The Labute approximate surface area is 103 Å². The highest BCUT2D eigenvalue weighted by molar-refractivity contribution is 7.99. The lowest BCUT2D eigenvalue weighted by Crippen LogP contribution is -2.30. The van der Waals surface area contributed by atoms with Crippen LogP contribution >= 0.6 is 11.8 Å². The van der Waals surface area contributed by atoms with Crippen LogP contribution in [0.4, 0.5) is 18.9 Å². The Kier molecular flexibility index (Phi) is 3.56. The fourth-order valence-electron chi connectivity index (χ4n) is 1.94. The van der Waals surface area contributed by atoms with Crippen molar-refractivity contribution in [3.8, 4) is 0 Å². The Balaban J connectivity index is 2.16. The zero-order chi connectivity index (χ0) is 12.5. The molecule has 2 rings (SSSR count). The Hall–Kier alpha value is -0.840. The molecule has 0 aliphatic carbocycles. The lowest BCUT2D eigenvalue weighted by atomic mass is 10.1. The molecule has 1 aliphatic rings. The smallest absolute Gasteiger partial charge is 0.366 e. The van der Waals surface area contributed by atoms with E-state index in [0.717, 1.165) is 18.6 Å². The molecule has 1 nitrogen and oxygen atoms in total. The molecule has 0 N–H and O–H groups in total. The molecule has 94 valence electrons. The molecule has 0 spiro atoms. The van der Waals surface area contributed by atoms with Gasteiger partial charge in [-0.05, 0) is 42.4 Å². The van der Waals surface area contributed by atoms with Crippen molar-refractivity contribution in [2.75, 3.05) is 24.2 Å². The highest BCUT2D eigenvalue weighted by Crippen LogP contribution is 2.33. The molecule has 1 heterocycles. The summed E-state index contributed by atoms with van der Waals surface area (Å²) in [4.78, 5) is 2.46. The van der Waals surface area contributed by atoms with Gasteiger partial charge in [-0.15, -0.1) is 11.8 Å². The summed E-state index contributed by atoms with van der Waals surface area (Å²) in [5.41, 5.74) is 1.82. The molecule has 5 heteroatoms. The number of hydrogen-bond acceptors (Lipinski definition) is 2. The van der Waals surface area contributed by atoms with E-state index >= 15 is 0 Å². The Morgan fingerprint density at radius 2 is 2.12 bits per heavy atom. The maximum atomic E-state index is 12.3. The average Bonchev–Trinajstić information content (AvgIpc) is 2.26. The number of alkyl halides is 3. The largest absolute Gasteiger partial charge is 0.405 e. The Morgan fingerprint density at radius 1 is 1.35 bits per heavy atom. The average molecular weight is 261 g/mol. The third-order valence-electron chi connectivity index (χ3n) is 2.75.